The highest BCUT2D eigenvalue weighted by Crippen LogP contribution is 2.33. The van der Waals surface area contributed by atoms with Gasteiger partial charge in [-0.05, 0) is 25.5 Å². The molecule has 0 bridgehead atoms. The van der Waals surface area contributed by atoms with Crippen LogP contribution in [0.1, 0.15) is 18.9 Å². The van der Waals surface area contributed by atoms with E-state index >= 15 is 0 Å². The first-order chi connectivity index (χ1) is 16.3. The minimum atomic E-state index is -4.66. The van der Waals surface area contributed by atoms with Gasteiger partial charge in [0.1, 0.15) is 12.3 Å². The highest BCUT2D eigenvalue weighted by atomic mass is 19.4. The van der Waals surface area contributed by atoms with Gasteiger partial charge < -0.3 is 20.4 Å². The first kappa shape index (κ1) is 24.6. The van der Waals surface area contributed by atoms with Gasteiger partial charge in [0.25, 0.3) is 5.91 Å². The summed E-state index contributed by atoms with van der Waals surface area (Å²) < 4.78 is 39.9. The minimum Gasteiger partial charge on any atom is -0.393 e. The van der Waals surface area contributed by atoms with E-state index in [4.69, 9.17) is 10.2 Å². The Morgan fingerprint density at radius 3 is 2.76 bits per heavy atom. The summed E-state index contributed by atoms with van der Waals surface area (Å²) in [5, 5.41) is 17.0. The average Bonchev–Trinajstić information content (AvgIpc) is 3.17. The highest BCUT2D eigenvalue weighted by molar-refractivity contribution is 6.24. The molecule has 0 atom stereocenters. The molecule has 1 aromatic rings. The van der Waals surface area contributed by atoms with Crippen LogP contribution in [0.2, 0.25) is 0 Å². The second kappa shape index (κ2) is 10.7. The van der Waals surface area contributed by atoms with Crippen LogP contribution in [-0.4, -0.2) is 42.2 Å². The normalized spacial score (nSPS) is 20.6. The monoisotopic (exact) mass is 471 g/mol. The topological polar surface area (TPSA) is 89.8 Å². The maximum atomic E-state index is 13.3. The standard InChI is InChI=1S/C24H24F3N5O2/c1-3-12-32(15-28)13-14-34-31-22-17-8-5-7-11-20(17)30-21(22)18-9-4-6-10-19(24(25,26)27)16(2)29-23(18)33/h3-8,10-12,15,28,30H,2,9,13-14H2,1H3,(H,29,33)/b6-4-,12-3-,19-10?,21-18-,28-15?,31-22+. The van der Waals surface area contributed by atoms with Gasteiger partial charge in [-0.2, -0.15) is 13.2 Å². The fourth-order valence-electron chi connectivity index (χ4n) is 3.37. The van der Waals surface area contributed by atoms with E-state index in [2.05, 4.69) is 22.4 Å². The van der Waals surface area contributed by atoms with Crippen LogP contribution in [0, 0.1) is 5.41 Å². The number of fused-ring (bicyclic) bond motifs is 1. The molecule has 2 heterocycles. The maximum Gasteiger partial charge on any atom is 0.418 e. The zero-order chi connectivity index (χ0) is 24.7. The van der Waals surface area contributed by atoms with Crippen molar-refractivity contribution in [3.63, 3.8) is 0 Å². The second-order valence-corrected chi connectivity index (χ2v) is 7.29. The Bertz CT molecular complexity index is 1130. The number of benzene rings is 1. The smallest absolute Gasteiger partial charge is 0.393 e. The maximum absolute atomic E-state index is 13.3. The van der Waals surface area contributed by atoms with Crippen molar-refractivity contribution >= 4 is 23.6 Å². The summed E-state index contributed by atoms with van der Waals surface area (Å²) in [6.07, 6.45) is 3.64. The summed E-state index contributed by atoms with van der Waals surface area (Å²) in [6, 6.07) is 7.21. The summed E-state index contributed by atoms with van der Waals surface area (Å²) in [5.41, 5.74) is 0.685. The number of halogens is 3. The van der Waals surface area contributed by atoms with E-state index in [1.165, 1.54) is 12.2 Å². The summed E-state index contributed by atoms with van der Waals surface area (Å²) in [7, 11) is 0. The average molecular weight is 471 g/mol. The number of rotatable bonds is 6. The lowest BCUT2D eigenvalue weighted by Gasteiger charge is -2.16. The number of hydrogen-bond donors (Lipinski definition) is 3. The number of carbonyl (C=O) groups is 1. The van der Waals surface area contributed by atoms with Gasteiger partial charge in [0.15, 0.2) is 0 Å². The lowest BCUT2D eigenvalue weighted by Crippen LogP contribution is -2.30. The zero-order valence-corrected chi connectivity index (χ0v) is 18.4. The number of amides is 1. The molecule has 0 saturated heterocycles. The SMILES string of the molecule is C=C1NC(=O)/C(=C2\Nc3ccccc3\C2=N/OCCN(C=N)/C=C\C)C/C=C\C=C1C(F)(F)F. The molecule has 0 aromatic heterocycles. The van der Waals surface area contributed by atoms with Crippen molar-refractivity contribution < 1.29 is 22.8 Å². The number of alkyl halides is 3. The molecule has 2 aliphatic rings. The second-order valence-electron chi connectivity index (χ2n) is 7.29. The fraction of sp³-hybridized carbons (Fsp3) is 0.208. The molecular weight excluding hydrogens is 447 g/mol. The number of hydrogen-bond acceptors (Lipinski definition) is 5. The molecule has 0 spiro atoms. The van der Waals surface area contributed by atoms with Crippen molar-refractivity contribution in [1.82, 2.24) is 10.2 Å². The number of nitrogens with one attached hydrogen (secondary N) is 3. The summed E-state index contributed by atoms with van der Waals surface area (Å²) in [5.74, 6) is -0.724. The Kier molecular flexibility index (Phi) is 7.72. The van der Waals surface area contributed by atoms with Crippen molar-refractivity contribution in [2.75, 3.05) is 18.5 Å². The van der Waals surface area contributed by atoms with Crippen LogP contribution in [0.3, 0.4) is 0 Å². The molecule has 0 saturated carbocycles. The number of nitrogens with zero attached hydrogens (tertiary/aromatic N) is 2. The van der Waals surface area contributed by atoms with E-state index < -0.39 is 23.4 Å². The molecule has 1 amide bonds. The number of carbonyl (C=O) groups excluding carboxylic acids is 1. The van der Waals surface area contributed by atoms with Crippen LogP contribution in [0.5, 0.6) is 0 Å². The molecule has 7 nitrogen and oxygen atoms in total. The van der Waals surface area contributed by atoms with Crippen molar-refractivity contribution in [3.05, 3.63) is 89.5 Å². The van der Waals surface area contributed by atoms with Gasteiger partial charge >= 0.3 is 6.18 Å². The van der Waals surface area contributed by atoms with Gasteiger partial charge in [0.05, 0.1) is 24.2 Å². The van der Waals surface area contributed by atoms with Crippen molar-refractivity contribution in [1.29, 1.82) is 5.41 Å². The van der Waals surface area contributed by atoms with Crippen LogP contribution in [0.15, 0.2) is 89.0 Å². The van der Waals surface area contributed by atoms with E-state index in [-0.39, 0.29) is 18.6 Å². The van der Waals surface area contributed by atoms with Crippen molar-refractivity contribution in [2.45, 2.75) is 19.5 Å². The fourth-order valence-corrected chi connectivity index (χ4v) is 3.37. The van der Waals surface area contributed by atoms with E-state index in [9.17, 15) is 18.0 Å². The molecule has 0 aliphatic carbocycles. The Morgan fingerprint density at radius 2 is 2.06 bits per heavy atom. The Hall–Kier alpha value is -4.08. The van der Waals surface area contributed by atoms with Gasteiger partial charge in [-0.25, -0.2) is 0 Å². The zero-order valence-electron chi connectivity index (χ0n) is 18.4. The Balaban J connectivity index is 1.92. The molecule has 34 heavy (non-hydrogen) atoms. The highest BCUT2D eigenvalue weighted by Gasteiger charge is 2.36. The van der Waals surface area contributed by atoms with Crippen LogP contribution < -0.4 is 10.6 Å². The van der Waals surface area contributed by atoms with E-state index in [0.29, 0.717) is 29.2 Å². The van der Waals surface area contributed by atoms with E-state index in [1.54, 1.807) is 35.4 Å². The number of allylic oxidation sites excluding steroid dienone is 6. The number of oxime groups is 1. The molecule has 178 valence electrons. The molecule has 3 N–H and O–H groups in total. The molecular formula is C24H24F3N5O2. The summed E-state index contributed by atoms with van der Waals surface area (Å²) in [4.78, 5) is 20.1. The van der Waals surface area contributed by atoms with E-state index in [0.717, 1.165) is 12.4 Å². The molecule has 0 unspecified atom stereocenters. The van der Waals surface area contributed by atoms with Crippen molar-refractivity contribution in [3.8, 4) is 0 Å². The third kappa shape index (κ3) is 5.64. The molecule has 3 rings (SSSR count). The lowest BCUT2D eigenvalue weighted by atomic mass is 10.0. The van der Waals surface area contributed by atoms with Gasteiger partial charge in [-0.3, -0.25) is 10.2 Å². The van der Waals surface area contributed by atoms with E-state index in [1.807, 2.05) is 13.0 Å². The van der Waals surface area contributed by atoms with Gasteiger partial charge in [0, 0.05) is 28.7 Å². The first-order valence-electron chi connectivity index (χ1n) is 10.4. The predicted octanol–water partition coefficient (Wildman–Crippen LogP) is 4.61. The Morgan fingerprint density at radius 1 is 1.29 bits per heavy atom. The largest absolute Gasteiger partial charge is 0.418 e. The molecule has 1 aromatic carbocycles. The summed E-state index contributed by atoms with van der Waals surface area (Å²) in [6.45, 7) is 5.76. The molecule has 10 heteroatoms. The quantitative estimate of drug-likeness (QED) is 0.186. The summed E-state index contributed by atoms with van der Waals surface area (Å²) >= 11 is 0. The lowest BCUT2D eigenvalue weighted by molar-refractivity contribution is -0.117. The predicted molar refractivity (Wildman–Crippen MR) is 125 cm³/mol. The van der Waals surface area contributed by atoms with Crippen LogP contribution in [0.25, 0.3) is 0 Å². The molecule has 2 aliphatic heterocycles. The van der Waals surface area contributed by atoms with Crippen LogP contribution in [0.4, 0.5) is 18.9 Å². The molecule has 0 fully saturated rings. The first-order valence-corrected chi connectivity index (χ1v) is 10.4. The third-order valence-electron chi connectivity index (χ3n) is 4.97. The molecule has 0 radical (unpaired) electrons. The van der Waals surface area contributed by atoms with Gasteiger partial charge in [-0.1, -0.05) is 48.2 Å². The minimum absolute atomic E-state index is 0.0545. The third-order valence-corrected chi connectivity index (χ3v) is 4.97. The Labute approximate surface area is 195 Å². The van der Waals surface area contributed by atoms with Gasteiger partial charge in [-0.15, -0.1) is 0 Å². The van der Waals surface area contributed by atoms with Crippen LogP contribution >= 0.6 is 0 Å². The number of anilines is 1. The van der Waals surface area contributed by atoms with Crippen molar-refractivity contribution in [2.24, 2.45) is 5.16 Å². The van der Waals surface area contributed by atoms with Gasteiger partial charge in [0.2, 0.25) is 0 Å². The number of para-hydroxylation sites is 1. The van der Waals surface area contributed by atoms with Crippen LogP contribution in [-0.2, 0) is 9.63 Å².